The number of anilines is 2. The van der Waals surface area contributed by atoms with E-state index in [-0.39, 0.29) is 16.4 Å². The fraction of sp³-hybridized carbons (Fsp3) is 0.240. The number of sulfonamides is 1. The smallest absolute Gasteiger partial charge is 0.262 e. The van der Waals surface area contributed by atoms with Crippen LogP contribution in [0.2, 0.25) is 0 Å². The second-order valence-electron chi connectivity index (χ2n) is 7.80. The van der Waals surface area contributed by atoms with Crippen molar-refractivity contribution in [3.63, 3.8) is 0 Å². The molecule has 3 rings (SSSR count). The predicted molar refractivity (Wildman–Crippen MR) is 126 cm³/mol. The number of carbonyl (C=O) groups is 1. The molecule has 6 heteroatoms. The Labute approximate surface area is 184 Å². The molecule has 3 aromatic rings. The molecule has 0 aliphatic heterocycles. The summed E-state index contributed by atoms with van der Waals surface area (Å²) < 4.78 is 28.8. The van der Waals surface area contributed by atoms with E-state index < -0.39 is 10.0 Å². The number of nitrogens with one attached hydrogen (secondary N) is 2. The Morgan fingerprint density at radius 3 is 2.23 bits per heavy atom. The number of carbonyl (C=O) groups excluding carboxylic acids is 1. The van der Waals surface area contributed by atoms with E-state index in [1.54, 1.807) is 31.2 Å². The molecular formula is C25H28N2O3S. The van der Waals surface area contributed by atoms with Gasteiger partial charge in [0, 0.05) is 16.9 Å². The van der Waals surface area contributed by atoms with Crippen LogP contribution in [0.1, 0.15) is 45.1 Å². The molecule has 0 bridgehead atoms. The van der Waals surface area contributed by atoms with Crippen molar-refractivity contribution in [3.8, 4) is 0 Å². The predicted octanol–water partition coefficient (Wildman–Crippen LogP) is 5.54. The minimum Gasteiger partial charge on any atom is -0.321 e. The van der Waals surface area contributed by atoms with Gasteiger partial charge in [0.1, 0.15) is 0 Å². The molecule has 5 nitrogen and oxygen atoms in total. The Hall–Kier alpha value is -3.12. The van der Waals surface area contributed by atoms with Gasteiger partial charge in [-0.3, -0.25) is 9.52 Å². The summed E-state index contributed by atoms with van der Waals surface area (Å²) in [6, 6.07) is 16.0. The van der Waals surface area contributed by atoms with Crippen LogP contribution in [-0.2, 0) is 16.4 Å². The Kier molecular flexibility index (Phi) is 6.51. The highest BCUT2D eigenvalue weighted by molar-refractivity contribution is 7.92. The molecule has 0 radical (unpaired) electrons. The molecule has 0 aliphatic rings. The first-order chi connectivity index (χ1) is 14.6. The molecule has 0 saturated carbocycles. The van der Waals surface area contributed by atoms with Gasteiger partial charge >= 0.3 is 0 Å². The maximum Gasteiger partial charge on any atom is 0.262 e. The molecule has 0 aromatic heterocycles. The number of aryl methyl sites for hydroxylation is 5. The second kappa shape index (κ2) is 8.94. The van der Waals surface area contributed by atoms with Gasteiger partial charge in [-0.1, -0.05) is 37.3 Å². The molecule has 0 aliphatic carbocycles. The van der Waals surface area contributed by atoms with Crippen LogP contribution >= 0.6 is 0 Å². The summed E-state index contributed by atoms with van der Waals surface area (Å²) in [7, 11) is -3.85. The first-order valence-corrected chi connectivity index (χ1v) is 11.7. The molecule has 31 heavy (non-hydrogen) atoms. The molecule has 0 fully saturated rings. The van der Waals surface area contributed by atoms with Crippen LogP contribution in [0.4, 0.5) is 11.4 Å². The van der Waals surface area contributed by atoms with Crippen molar-refractivity contribution in [3.05, 3.63) is 88.0 Å². The summed E-state index contributed by atoms with van der Waals surface area (Å²) in [6.45, 7) is 9.58. The Balaban J connectivity index is 1.92. The lowest BCUT2D eigenvalue weighted by Crippen LogP contribution is -2.18. The number of hydrogen-bond acceptors (Lipinski definition) is 3. The summed E-state index contributed by atoms with van der Waals surface area (Å²) in [5.41, 5.74) is 6.19. The minimum absolute atomic E-state index is 0.0823. The molecule has 0 unspecified atom stereocenters. The Bertz CT molecular complexity index is 1250. The maximum absolute atomic E-state index is 13.1. The van der Waals surface area contributed by atoms with Gasteiger partial charge in [-0.05, 0) is 86.2 Å². The first kappa shape index (κ1) is 22.6. The van der Waals surface area contributed by atoms with E-state index in [1.165, 1.54) is 6.07 Å². The molecule has 1 amide bonds. The lowest BCUT2D eigenvalue weighted by molar-refractivity contribution is 0.102. The van der Waals surface area contributed by atoms with E-state index in [4.69, 9.17) is 0 Å². The molecule has 0 atom stereocenters. The Morgan fingerprint density at radius 2 is 1.55 bits per heavy atom. The van der Waals surface area contributed by atoms with Crippen molar-refractivity contribution in [1.29, 1.82) is 0 Å². The van der Waals surface area contributed by atoms with E-state index in [0.29, 0.717) is 11.3 Å². The standard InChI is InChI=1S/C25H28N2O3S/c1-6-20-9-7-8-18(4)24(20)26-25(28)21-12-10-17(3)23(15-21)31(29,30)27-22-13-11-16(2)19(5)14-22/h7-15,27H,6H2,1-5H3,(H,26,28). The van der Waals surface area contributed by atoms with E-state index in [0.717, 1.165) is 34.4 Å². The van der Waals surface area contributed by atoms with Crippen molar-refractivity contribution in [2.45, 2.75) is 45.9 Å². The van der Waals surface area contributed by atoms with Gasteiger partial charge in [-0.15, -0.1) is 0 Å². The lowest BCUT2D eigenvalue weighted by atomic mass is 10.1. The van der Waals surface area contributed by atoms with Crippen molar-refractivity contribution in [2.75, 3.05) is 10.0 Å². The lowest BCUT2D eigenvalue weighted by Gasteiger charge is -2.15. The van der Waals surface area contributed by atoms with Crippen LogP contribution in [0.15, 0.2) is 59.5 Å². The summed E-state index contributed by atoms with van der Waals surface area (Å²) >= 11 is 0. The zero-order valence-electron chi connectivity index (χ0n) is 18.5. The van der Waals surface area contributed by atoms with Crippen molar-refractivity contribution < 1.29 is 13.2 Å². The van der Waals surface area contributed by atoms with Gasteiger partial charge in [-0.2, -0.15) is 0 Å². The van der Waals surface area contributed by atoms with E-state index >= 15 is 0 Å². The molecule has 2 N–H and O–H groups in total. The van der Waals surface area contributed by atoms with Crippen LogP contribution in [0.25, 0.3) is 0 Å². The van der Waals surface area contributed by atoms with Crippen molar-refractivity contribution >= 4 is 27.3 Å². The minimum atomic E-state index is -3.85. The Morgan fingerprint density at radius 1 is 0.839 bits per heavy atom. The summed E-state index contributed by atoms with van der Waals surface area (Å²) in [6.07, 6.45) is 0.782. The fourth-order valence-electron chi connectivity index (χ4n) is 3.43. The highest BCUT2D eigenvalue weighted by atomic mass is 32.2. The van der Waals surface area contributed by atoms with Crippen LogP contribution < -0.4 is 10.0 Å². The molecule has 3 aromatic carbocycles. The molecule has 0 heterocycles. The highest BCUT2D eigenvalue weighted by Crippen LogP contribution is 2.25. The fourth-order valence-corrected chi connectivity index (χ4v) is 4.75. The van der Waals surface area contributed by atoms with Gasteiger partial charge in [0.05, 0.1) is 4.90 Å². The zero-order valence-corrected chi connectivity index (χ0v) is 19.4. The van der Waals surface area contributed by atoms with Gasteiger partial charge in [0.25, 0.3) is 15.9 Å². The summed E-state index contributed by atoms with van der Waals surface area (Å²) in [5, 5.41) is 2.95. The summed E-state index contributed by atoms with van der Waals surface area (Å²) in [5.74, 6) is -0.341. The van der Waals surface area contributed by atoms with E-state index in [2.05, 4.69) is 10.0 Å². The number of benzene rings is 3. The third kappa shape index (κ3) is 4.97. The average molecular weight is 437 g/mol. The monoisotopic (exact) mass is 436 g/mol. The quantitative estimate of drug-likeness (QED) is 0.533. The van der Waals surface area contributed by atoms with Crippen molar-refractivity contribution in [2.24, 2.45) is 0 Å². The average Bonchev–Trinajstić information content (AvgIpc) is 2.72. The number of rotatable bonds is 6. The van der Waals surface area contributed by atoms with E-state index in [9.17, 15) is 13.2 Å². The molecule has 162 valence electrons. The molecule has 0 spiro atoms. The largest absolute Gasteiger partial charge is 0.321 e. The first-order valence-electron chi connectivity index (χ1n) is 10.2. The number of para-hydroxylation sites is 1. The second-order valence-corrected chi connectivity index (χ2v) is 9.45. The van der Waals surface area contributed by atoms with E-state index in [1.807, 2.05) is 52.0 Å². The topological polar surface area (TPSA) is 75.3 Å². The highest BCUT2D eigenvalue weighted by Gasteiger charge is 2.20. The zero-order chi connectivity index (χ0) is 22.8. The van der Waals surface area contributed by atoms with Crippen LogP contribution in [-0.4, -0.2) is 14.3 Å². The van der Waals surface area contributed by atoms with Crippen LogP contribution in [0.3, 0.4) is 0 Å². The third-order valence-electron chi connectivity index (χ3n) is 5.48. The SMILES string of the molecule is CCc1cccc(C)c1NC(=O)c1ccc(C)c(S(=O)(=O)Nc2ccc(C)c(C)c2)c1. The van der Waals surface area contributed by atoms with Gasteiger partial charge in [0.2, 0.25) is 0 Å². The van der Waals surface area contributed by atoms with Crippen molar-refractivity contribution in [1.82, 2.24) is 0 Å². The van der Waals surface area contributed by atoms with Gasteiger partial charge in [0.15, 0.2) is 0 Å². The maximum atomic E-state index is 13.1. The number of amides is 1. The number of hydrogen-bond donors (Lipinski definition) is 2. The van der Waals surface area contributed by atoms with Crippen LogP contribution in [0.5, 0.6) is 0 Å². The normalized spacial score (nSPS) is 11.3. The summed E-state index contributed by atoms with van der Waals surface area (Å²) in [4.78, 5) is 13.0. The molecule has 0 saturated heterocycles. The van der Waals surface area contributed by atoms with Gasteiger partial charge < -0.3 is 5.32 Å². The van der Waals surface area contributed by atoms with Gasteiger partial charge in [-0.25, -0.2) is 8.42 Å². The molecular weight excluding hydrogens is 408 g/mol. The van der Waals surface area contributed by atoms with Crippen LogP contribution in [0, 0.1) is 27.7 Å². The third-order valence-corrected chi connectivity index (χ3v) is 7.00.